The van der Waals surface area contributed by atoms with Gasteiger partial charge in [-0.2, -0.15) is 0 Å². The van der Waals surface area contributed by atoms with Gasteiger partial charge in [0.2, 0.25) is 5.91 Å². The average Bonchev–Trinajstić information content (AvgIpc) is 2.65. The number of methoxy groups -OCH3 is 1. The van der Waals surface area contributed by atoms with Gasteiger partial charge in [-0.1, -0.05) is 12.1 Å². The van der Waals surface area contributed by atoms with Crippen LogP contribution in [-0.2, 0) is 22.6 Å². The van der Waals surface area contributed by atoms with Gasteiger partial charge in [-0.05, 0) is 54.3 Å². The zero-order chi connectivity index (χ0) is 18.5. The summed E-state index contributed by atoms with van der Waals surface area (Å²) in [6.45, 7) is 2.32. The minimum atomic E-state index is -0.199. The van der Waals surface area contributed by atoms with E-state index in [0.29, 0.717) is 25.1 Å². The zero-order valence-electron chi connectivity index (χ0n) is 14.9. The Balaban J connectivity index is 1.51. The molecule has 0 saturated heterocycles. The maximum atomic E-state index is 12.0. The number of benzene rings is 2. The second kappa shape index (κ2) is 7.91. The molecule has 6 nitrogen and oxygen atoms in total. The number of fused-ring (bicyclic) bond motifs is 1. The van der Waals surface area contributed by atoms with Crippen LogP contribution in [0.1, 0.15) is 23.1 Å². The molecule has 1 heterocycles. The molecule has 1 aliphatic rings. The normalized spacial score (nSPS) is 12.8. The Morgan fingerprint density at radius 3 is 2.85 bits per heavy atom. The highest BCUT2D eigenvalue weighted by Crippen LogP contribution is 2.26. The smallest absolute Gasteiger partial charge is 0.258 e. The van der Waals surface area contributed by atoms with Crippen LogP contribution in [0.4, 0.5) is 5.69 Å². The van der Waals surface area contributed by atoms with Crippen LogP contribution >= 0.6 is 0 Å². The van der Waals surface area contributed by atoms with Gasteiger partial charge in [-0.25, -0.2) is 0 Å². The van der Waals surface area contributed by atoms with E-state index in [1.54, 1.807) is 19.2 Å². The van der Waals surface area contributed by atoms with Crippen molar-refractivity contribution in [3.05, 3.63) is 53.1 Å². The van der Waals surface area contributed by atoms with Gasteiger partial charge in [0.15, 0.2) is 6.61 Å². The summed E-state index contributed by atoms with van der Waals surface area (Å²) < 4.78 is 10.8. The third kappa shape index (κ3) is 4.33. The molecule has 2 amide bonds. The summed E-state index contributed by atoms with van der Waals surface area (Å²) in [7, 11) is 1.63. The molecule has 3 rings (SSSR count). The Hall–Kier alpha value is -3.02. The third-order valence-corrected chi connectivity index (χ3v) is 4.30. The molecule has 0 atom stereocenters. The highest BCUT2D eigenvalue weighted by molar-refractivity contribution is 5.94. The molecule has 2 aromatic carbocycles. The van der Waals surface area contributed by atoms with Crippen LogP contribution < -0.4 is 20.1 Å². The molecule has 0 fully saturated rings. The first kappa shape index (κ1) is 17.8. The lowest BCUT2D eigenvalue weighted by Crippen LogP contribution is -2.28. The predicted octanol–water partition coefficient (Wildman–Crippen LogP) is 2.58. The van der Waals surface area contributed by atoms with Gasteiger partial charge >= 0.3 is 0 Å². The van der Waals surface area contributed by atoms with Crippen molar-refractivity contribution in [1.82, 2.24) is 5.32 Å². The van der Waals surface area contributed by atoms with Crippen LogP contribution in [0, 0.1) is 6.92 Å². The van der Waals surface area contributed by atoms with E-state index in [4.69, 9.17) is 9.47 Å². The van der Waals surface area contributed by atoms with Crippen molar-refractivity contribution in [1.29, 1.82) is 0 Å². The predicted molar refractivity (Wildman–Crippen MR) is 98.5 cm³/mol. The second-order valence-electron chi connectivity index (χ2n) is 6.24. The van der Waals surface area contributed by atoms with E-state index in [2.05, 4.69) is 10.6 Å². The SMILES string of the molecule is COc1cc(CNC(=O)COc2ccc3c(c2)CCC(=O)N3)ccc1C. The molecule has 26 heavy (non-hydrogen) atoms. The van der Waals surface area contributed by atoms with Crippen LogP contribution in [0.2, 0.25) is 0 Å². The summed E-state index contributed by atoms with van der Waals surface area (Å²) in [5.41, 5.74) is 3.85. The number of anilines is 1. The fourth-order valence-electron chi connectivity index (χ4n) is 2.82. The van der Waals surface area contributed by atoms with Crippen LogP contribution in [-0.4, -0.2) is 25.5 Å². The summed E-state index contributed by atoms with van der Waals surface area (Å²) in [4.78, 5) is 23.4. The van der Waals surface area contributed by atoms with Crippen molar-refractivity contribution in [2.45, 2.75) is 26.3 Å². The molecular formula is C20H22N2O4. The van der Waals surface area contributed by atoms with Gasteiger partial charge in [-0.3, -0.25) is 9.59 Å². The van der Waals surface area contributed by atoms with Gasteiger partial charge in [-0.15, -0.1) is 0 Å². The van der Waals surface area contributed by atoms with Crippen LogP contribution in [0.15, 0.2) is 36.4 Å². The molecule has 0 aliphatic carbocycles. The molecular weight excluding hydrogens is 332 g/mol. The molecule has 0 spiro atoms. The lowest BCUT2D eigenvalue weighted by molar-refractivity contribution is -0.123. The Morgan fingerprint density at radius 1 is 1.19 bits per heavy atom. The Bertz CT molecular complexity index is 833. The van der Waals surface area contributed by atoms with E-state index in [1.807, 2.05) is 31.2 Å². The third-order valence-electron chi connectivity index (χ3n) is 4.30. The van der Waals surface area contributed by atoms with Crippen molar-refractivity contribution in [2.75, 3.05) is 19.0 Å². The summed E-state index contributed by atoms with van der Waals surface area (Å²) >= 11 is 0. The summed E-state index contributed by atoms with van der Waals surface area (Å²) in [5, 5.41) is 5.65. The van der Waals surface area contributed by atoms with E-state index in [9.17, 15) is 9.59 Å². The summed E-state index contributed by atoms with van der Waals surface area (Å²) in [6, 6.07) is 11.3. The first-order valence-electron chi connectivity index (χ1n) is 8.51. The van der Waals surface area contributed by atoms with E-state index in [0.717, 1.165) is 28.1 Å². The average molecular weight is 354 g/mol. The standard InChI is InChI=1S/C20H22N2O4/c1-13-3-4-14(9-18(13)25-2)11-21-20(24)12-26-16-6-7-17-15(10-16)5-8-19(23)22-17/h3-4,6-7,9-10H,5,8,11-12H2,1-2H3,(H,21,24)(H,22,23). The monoisotopic (exact) mass is 354 g/mol. The molecule has 0 saturated carbocycles. The molecule has 1 aliphatic heterocycles. The minimum Gasteiger partial charge on any atom is -0.496 e. The molecule has 0 aromatic heterocycles. The minimum absolute atomic E-state index is 0.0262. The van der Waals surface area contributed by atoms with Gasteiger partial charge in [0.1, 0.15) is 11.5 Å². The van der Waals surface area contributed by atoms with Crippen LogP contribution in [0.3, 0.4) is 0 Å². The van der Waals surface area contributed by atoms with E-state index < -0.39 is 0 Å². The first-order chi connectivity index (χ1) is 12.5. The molecule has 0 radical (unpaired) electrons. The van der Waals surface area contributed by atoms with Crippen molar-refractivity contribution in [3.63, 3.8) is 0 Å². The van der Waals surface area contributed by atoms with Crippen molar-refractivity contribution >= 4 is 17.5 Å². The second-order valence-corrected chi connectivity index (χ2v) is 6.24. The maximum absolute atomic E-state index is 12.0. The summed E-state index contributed by atoms with van der Waals surface area (Å²) in [5.74, 6) is 1.25. The lowest BCUT2D eigenvalue weighted by Gasteiger charge is -2.17. The highest BCUT2D eigenvalue weighted by atomic mass is 16.5. The van der Waals surface area contributed by atoms with Crippen molar-refractivity contribution in [3.8, 4) is 11.5 Å². The number of hydrogen-bond acceptors (Lipinski definition) is 4. The lowest BCUT2D eigenvalue weighted by atomic mass is 10.0. The Labute approximate surface area is 152 Å². The fourth-order valence-corrected chi connectivity index (χ4v) is 2.82. The highest BCUT2D eigenvalue weighted by Gasteiger charge is 2.15. The number of amides is 2. The number of ether oxygens (including phenoxy) is 2. The number of carbonyl (C=O) groups excluding carboxylic acids is 2. The van der Waals surface area contributed by atoms with E-state index >= 15 is 0 Å². The van der Waals surface area contributed by atoms with Crippen molar-refractivity contribution < 1.29 is 19.1 Å². The number of carbonyl (C=O) groups is 2. The molecule has 0 bridgehead atoms. The number of nitrogens with one attached hydrogen (secondary N) is 2. The van der Waals surface area contributed by atoms with E-state index in [-0.39, 0.29) is 18.4 Å². The fraction of sp³-hybridized carbons (Fsp3) is 0.300. The van der Waals surface area contributed by atoms with E-state index in [1.165, 1.54) is 0 Å². The Kier molecular flexibility index (Phi) is 5.41. The maximum Gasteiger partial charge on any atom is 0.258 e. The summed E-state index contributed by atoms with van der Waals surface area (Å²) in [6.07, 6.45) is 1.15. The van der Waals surface area contributed by atoms with Gasteiger partial charge < -0.3 is 20.1 Å². The Morgan fingerprint density at radius 2 is 2.04 bits per heavy atom. The molecule has 2 aromatic rings. The van der Waals surface area contributed by atoms with Crippen LogP contribution in [0.25, 0.3) is 0 Å². The van der Waals surface area contributed by atoms with Crippen LogP contribution in [0.5, 0.6) is 11.5 Å². The van der Waals surface area contributed by atoms with Crippen molar-refractivity contribution in [2.24, 2.45) is 0 Å². The first-order valence-corrected chi connectivity index (χ1v) is 8.51. The van der Waals surface area contributed by atoms with Gasteiger partial charge in [0, 0.05) is 18.7 Å². The number of aryl methyl sites for hydroxylation is 2. The van der Waals surface area contributed by atoms with Gasteiger partial charge in [0.05, 0.1) is 7.11 Å². The number of rotatable bonds is 6. The quantitative estimate of drug-likeness (QED) is 0.836. The largest absolute Gasteiger partial charge is 0.496 e. The molecule has 2 N–H and O–H groups in total. The topological polar surface area (TPSA) is 76.7 Å². The molecule has 6 heteroatoms. The van der Waals surface area contributed by atoms with Gasteiger partial charge in [0.25, 0.3) is 5.91 Å². The molecule has 136 valence electrons. The number of hydrogen-bond donors (Lipinski definition) is 2. The molecule has 0 unspecified atom stereocenters. The zero-order valence-corrected chi connectivity index (χ0v) is 14.9.